The van der Waals surface area contributed by atoms with Crippen LogP contribution in [0.2, 0.25) is 0 Å². The van der Waals surface area contributed by atoms with Crippen molar-refractivity contribution in [3.8, 4) is 5.75 Å². The molecular weight excluding hydrogens is 328 g/mol. The lowest BCUT2D eigenvalue weighted by Gasteiger charge is -2.28. The first kappa shape index (κ1) is 16.5. The summed E-state index contributed by atoms with van der Waals surface area (Å²) in [6, 6.07) is 1.24. The van der Waals surface area contributed by atoms with Crippen LogP contribution in [0.15, 0.2) is 17.1 Å². The van der Waals surface area contributed by atoms with E-state index >= 15 is 0 Å². The van der Waals surface area contributed by atoms with Gasteiger partial charge in [0.25, 0.3) is 0 Å². The smallest absolute Gasteiger partial charge is 0.202 e. The molecule has 0 spiro atoms. The van der Waals surface area contributed by atoms with E-state index in [1.54, 1.807) is 6.20 Å². The molecule has 2 aliphatic rings. The maximum atomic E-state index is 14.1. The topological polar surface area (TPSA) is 55.3 Å². The third kappa shape index (κ3) is 2.81. The molecule has 2 aliphatic heterocycles. The van der Waals surface area contributed by atoms with Gasteiger partial charge in [-0.2, -0.15) is 4.39 Å². The fraction of sp³-hybridized carbons (Fsp3) is 0.500. The second kappa shape index (κ2) is 6.38. The van der Waals surface area contributed by atoms with Crippen LogP contribution in [0.4, 0.5) is 8.78 Å². The monoisotopic (exact) mass is 349 g/mol. The fourth-order valence-corrected chi connectivity index (χ4v) is 3.66. The number of aromatic nitrogens is 1. The molecule has 0 saturated carbocycles. The lowest BCUT2D eigenvalue weighted by Crippen LogP contribution is -2.43. The van der Waals surface area contributed by atoms with Gasteiger partial charge in [0, 0.05) is 30.9 Å². The molecule has 134 valence electrons. The Bertz CT molecular complexity index is 875. The van der Waals surface area contributed by atoms with Crippen molar-refractivity contribution in [3.63, 3.8) is 0 Å². The van der Waals surface area contributed by atoms with Crippen LogP contribution < -0.4 is 20.8 Å². The van der Waals surface area contributed by atoms with Gasteiger partial charge in [-0.3, -0.25) is 4.79 Å². The molecule has 1 unspecified atom stereocenters. The number of ether oxygens (including phenoxy) is 1. The fourth-order valence-electron chi connectivity index (χ4n) is 3.66. The van der Waals surface area contributed by atoms with E-state index in [2.05, 4.69) is 10.6 Å². The molecule has 0 bridgehead atoms. The predicted molar refractivity (Wildman–Crippen MR) is 91.1 cm³/mol. The standard InChI is InChI=1S/C18H21F2N3O2/c1-10-9-25-18-15(20)14(19)5-13-16(18)23(10)8-11(17(13)24)6-22-12-3-2-4-21-7-12/h5,8,10,12,21-22H,2-4,6-7,9H2,1H3/t10?,12-/m0/s1. The largest absolute Gasteiger partial charge is 0.486 e. The number of hydrogen-bond acceptors (Lipinski definition) is 4. The minimum absolute atomic E-state index is 0.0597. The SMILES string of the molecule is CC1COc2c(F)c(F)cc3c(=O)c(CN[C@H]4CCCNC4)cn1c23. The Kier molecular flexibility index (Phi) is 4.21. The zero-order valence-corrected chi connectivity index (χ0v) is 14.1. The first-order chi connectivity index (χ1) is 12.1. The summed E-state index contributed by atoms with van der Waals surface area (Å²) >= 11 is 0. The van der Waals surface area contributed by atoms with E-state index in [-0.39, 0.29) is 29.2 Å². The molecule has 0 amide bonds. The van der Waals surface area contributed by atoms with Gasteiger partial charge in [0.15, 0.2) is 17.0 Å². The molecule has 1 aromatic heterocycles. The van der Waals surface area contributed by atoms with Gasteiger partial charge in [-0.1, -0.05) is 0 Å². The molecule has 2 atom stereocenters. The van der Waals surface area contributed by atoms with Crippen molar-refractivity contribution in [3.05, 3.63) is 39.7 Å². The summed E-state index contributed by atoms with van der Waals surface area (Å²) in [5, 5.41) is 6.88. The van der Waals surface area contributed by atoms with E-state index in [0.717, 1.165) is 32.0 Å². The summed E-state index contributed by atoms with van der Waals surface area (Å²) in [6.07, 6.45) is 3.91. The van der Waals surface area contributed by atoms with Crippen molar-refractivity contribution in [1.29, 1.82) is 0 Å². The van der Waals surface area contributed by atoms with Gasteiger partial charge >= 0.3 is 0 Å². The molecule has 4 rings (SSSR count). The van der Waals surface area contributed by atoms with Gasteiger partial charge < -0.3 is 19.9 Å². The van der Waals surface area contributed by atoms with Gasteiger partial charge in [0.05, 0.1) is 16.9 Å². The average Bonchev–Trinajstić information content (AvgIpc) is 2.62. The summed E-state index contributed by atoms with van der Waals surface area (Å²) in [5.41, 5.74) is 0.620. The normalized spacial score (nSPS) is 22.8. The quantitative estimate of drug-likeness (QED) is 0.891. The molecule has 7 heteroatoms. The van der Waals surface area contributed by atoms with Crippen LogP contribution in [-0.2, 0) is 6.54 Å². The highest BCUT2D eigenvalue weighted by Crippen LogP contribution is 2.35. The van der Waals surface area contributed by atoms with E-state index in [4.69, 9.17) is 4.74 Å². The first-order valence-electron chi connectivity index (χ1n) is 8.69. The van der Waals surface area contributed by atoms with Crippen LogP contribution >= 0.6 is 0 Å². The van der Waals surface area contributed by atoms with Crippen molar-refractivity contribution in [2.24, 2.45) is 0 Å². The van der Waals surface area contributed by atoms with Gasteiger partial charge in [-0.25, -0.2) is 4.39 Å². The molecule has 2 N–H and O–H groups in total. The number of nitrogens with one attached hydrogen (secondary N) is 2. The van der Waals surface area contributed by atoms with Crippen molar-refractivity contribution in [1.82, 2.24) is 15.2 Å². The lowest BCUT2D eigenvalue weighted by molar-refractivity contribution is 0.233. The Hall–Kier alpha value is -1.99. The van der Waals surface area contributed by atoms with Crippen LogP contribution in [0.5, 0.6) is 5.75 Å². The van der Waals surface area contributed by atoms with Crippen molar-refractivity contribution in [2.45, 2.75) is 38.4 Å². The number of halogens is 2. The summed E-state index contributed by atoms with van der Waals surface area (Å²) in [4.78, 5) is 12.8. The molecule has 0 aliphatic carbocycles. The maximum absolute atomic E-state index is 14.1. The molecule has 3 heterocycles. The highest BCUT2D eigenvalue weighted by atomic mass is 19.2. The molecule has 1 saturated heterocycles. The van der Waals surface area contributed by atoms with Gasteiger partial charge in [0.2, 0.25) is 5.82 Å². The second-order valence-electron chi connectivity index (χ2n) is 6.87. The van der Waals surface area contributed by atoms with E-state index < -0.39 is 11.6 Å². The summed E-state index contributed by atoms with van der Waals surface area (Å²) in [5.74, 6) is -2.25. The zero-order valence-electron chi connectivity index (χ0n) is 14.1. The number of pyridine rings is 1. The molecule has 1 aromatic carbocycles. The van der Waals surface area contributed by atoms with Crippen LogP contribution in [0.1, 0.15) is 31.4 Å². The minimum atomic E-state index is -1.05. The number of hydrogen-bond donors (Lipinski definition) is 2. The highest BCUT2D eigenvalue weighted by molar-refractivity contribution is 5.86. The van der Waals surface area contributed by atoms with Crippen molar-refractivity contribution < 1.29 is 13.5 Å². The summed E-state index contributed by atoms with van der Waals surface area (Å²) in [6.45, 7) is 4.46. The minimum Gasteiger partial charge on any atom is -0.486 e. The van der Waals surface area contributed by atoms with Gasteiger partial charge in [-0.05, 0) is 32.4 Å². The maximum Gasteiger partial charge on any atom is 0.202 e. The van der Waals surface area contributed by atoms with E-state index in [0.29, 0.717) is 23.7 Å². The van der Waals surface area contributed by atoms with E-state index in [1.807, 2.05) is 11.5 Å². The Labute approximate surface area is 144 Å². The second-order valence-corrected chi connectivity index (χ2v) is 6.87. The van der Waals surface area contributed by atoms with Crippen molar-refractivity contribution in [2.75, 3.05) is 19.7 Å². The molecule has 0 radical (unpaired) electrons. The Morgan fingerprint density at radius 1 is 1.44 bits per heavy atom. The van der Waals surface area contributed by atoms with Crippen LogP contribution in [0.25, 0.3) is 10.9 Å². The number of piperidine rings is 1. The number of nitrogens with zero attached hydrogens (tertiary/aromatic N) is 1. The van der Waals surface area contributed by atoms with Gasteiger partial charge in [-0.15, -0.1) is 0 Å². The highest BCUT2D eigenvalue weighted by Gasteiger charge is 2.26. The number of benzene rings is 1. The Morgan fingerprint density at radius 3 is 3.04 bits per heavy atom. The molecule has 2 aromatic rings. The van der Waals surface area contributed by atoms with E-state index in [1.165, 1.54) is 0 Å². The average molecular weight is 349 g/mol. The van der Waals surface area contributed by atoms with Gasteiger partial charge in [0.1, 0.15) is 6.61 Å². The van der Waals surface area contributed by atoms with Crippen molar-refractivity contribution >= 4 is 10.9 Å². The summed E-state index contributed by atoms with van der Waals surface area (Å²) in [7, 11) is 0. The zero-order chi connectivity index (χ0) is 17.6. The summed E-state index contributed by atoms with van der Waals surface area (Å²) < 4.78 is 35.2. The third-order valence-electron chi connectivity index (χ3n) is 5.06. The number of rotatable bonds is 3. The Morgan fingerprint density at radius 2 is 2.28 bits per heavy atom. The predicted octanol–water partition coefficient (Wildman–Crippen LogP) is 2.07. The van der Waals surface area contributed by atoms with E-state index in [9.17, 15) is 13.6 Å². The molecule has 1 fully saturated rings. The molecule has 5 nitrogen and oxygen atoms in total. The Balaban J connectivity index is 1.77. The molecule has 25 heavy (non-hydrogen) atoms. The van der Waals surface area contributed by atoms with Crippen LogP contribution in [-0.4, -0.2) is 30.3 Å². The van der Waals surface area contributed by atoms with Crippen LogP contribution in [0.3, 0.4) is 0 Å². The lowest BCUT2D eigenvalue weighted by atomic mass is 10.1. The molecular formula is C18H21F2N3O2. The first-order valence-corrected chi connectivity index (χ1v) is 8.69. The van der Waals surface area contributed by atoms with Crippen LogP contribution in [0, 0.1) is 11.6 Å². The third-order valence-corrected chi connectivity index (χ3v) is 5.06.